The molecule has 0 radical (unpaired) electrons. The van der Waals surface area contributed by atoms with Crippen LogP contribution in [0.5, 0.6) is 0 Å². The monoisotopic (exact) mass is 286 g/mol. The van der Waals surface area contributed by atoms with Crippen LogP contribution in [0.25, 0.3) is 0 Å². The first kappa shape index (κ1) is 16.4. The molecule has 1 aliphatic carbocycles. The fourth-order valence-corrected chi connectivity index (χ4v) is 2.86. The van der Waals surface area contributed by atoms with Gasteiger partial charge in [0.05, 0.1) is 11.0 Å². The molecule has 0 spiro atoms. The highest BCUT2D eigenvalue weighted by atomic mass is 32.1. The number of rotatable bonds is 8. The average molecular weight is 286 g/mol. The summed E-state index contributed by atoms with van der Waals surface area (Å²) in [5, 5.41) is 3.00. The van der Waals surface area contributed by atoms with Gasteiger partial charge in [-0.1, -0.05) is 31.5 Å². The normalized spacial score (nSPS) is 17.9. The molecule has 19 heavy (non-hydrogen) atoms. The van der Waals surface area contributed by atoms with E-state index in [1.54, 1.807) is 0 Å². The first-order chi connectivity index (χ1) is 9.15. The van der Waals surface area contributed by atoms with Crippen molar-refractivity contribution in [3.8, 4) is 0 Å². The molecule has 0 aromatic heterocycles. The maximum absolute atomic E-state index is 11.9. The third-order valence-electron chi connectivity index (χ3n) is 3.64. The number of carbonyl (C=O) groups excluding carboxylic acids is 1. The SMILES string of the molecule is CCOCCCC(=O)NC(C(N)=S)C1CCCCC1. The smallest absolute Gasteiger partial charge is 0.220 e. The largest absolute Gasteiger partial charge is 0.392 e. The van der Waals surface area contributed by atoms with Crippen LogP contribution in [-0.4, -0.2) is 30.2 Å². The van der Waals surface area contributed by atoms with Gasteiger partial charge in [-0.2, -0.15) is 0 Å². The summed E-state index contributed by atoms with van der Waals surface area (Å²) in [4.78, 5) is 12.3. The molecular formula is C14H26N2O2S. The second-order valence-corrected chi connectivity index (χ2v) is 5.62. The lowest BCUT2D eigenvalue weighted by Gasteiger charge is -2.30. The molecule has 1 atom stereocenters. The Hall–Kier alpha value is -0.680. The number of amides is 1. The molecule has 4 nitrogen and oxygen atoms in total. The lowest BCUT2D eigenvalue weighted by molar-refractivity contribution is -0.122. The zero-order valence-electron chi connectivity index (χ0n) is 11.8. The summed E-state index contributed by atoms with van der Waals surface area (Å²) in [6.45, 7) is 3.27. The van der Waals surface area contributed by atoms with Gasteiger partial charge in [-0.15, -0.1) is 0 Å². The minimum Gasteiger partial charge on any atom is -0.392 e. The highest BCUT2D eigenvalue weighted by Gasteiger charge is 2.26. The van der Waals surface area contributed by atoms with Gasteiger partial charge in [0.15, 0.2) is 0 Å². The van der Waals surface area contributed by atoms with Crippen LogP contribution in [0.3, 0.4) is 0 Å². The van der Waals surface area contributed by atoms with Crippen molar-refractivity contribution in [3.63, 3.8) is 0 Å². The Kier molecular flexibility index (Phi) is 7.98. The maximum atomic E-state index is 11.9. The van der Waals surface area contributed by atoms with Crippen molar-refractivity contribution in [2.24, 2.45) is 11.7 Å². The van der Waals surface area contributed by atoms with E-state index in [-0.39, 0.29) is 11.9 Å². The zero-order valence-corrected chi connectivity index (χ0v) is 12.6. The molecule has 0 aliphatic heterocycles. The molecule has 1 aliphatic rings. The molecule has 0 aromatic rings. The lowest BCUT2D eigenvalue weighted by atomic mass is 9.84. The quantitative estimate of drug-likeness (QED) is 0.530. The van der Waals surface area contributed by atoms with Crippen LogP contribution in [0.15, 0.2) is 0 Å². The van der Waals surface area contributed by atoms with Crippen LogP contribution in [0.4, 0.5) is 0 Å². The van der Waals surface area contributed by atoms with Gasteiger partial charge in [0.1, 0.15) is 0 Å². The first-order valence-corrected chi connectivity index (χ1v) is 7.72. The van der Waals surface area contributed by atoms with Gasteiger partial charge >= 0.3 is 0 Å². The van der Waals surface area contributed by atoms with Gasteiger partial charge in [0, 0.05) is 19.6 Å². The van der Waals surface area contributed by atoms with E-state index in [1.807, 2.05) is 6.92 Å². The van der Waals surface area contributed by atoms with Crippen molar-refractivity contribution >= 4 is 23.1 Å². The van der Waals surface area contributed by atoms with Crippen LogP contribution in [0.1, 0.15) is 51.9 Å². The Labute approximate surface area is 121 Å². The first-order valence-electron chi connectivity index (χ1n) is 7.31. The van der Waals surface area contributed by atoms with Crippen molar-refractivity contribution in [1.82, 2.24) is 5.32 Å². The van der Waals surface area contributed by atoms with Crippen LogP contribution in [-0.2, 0) is 9.53 Å². The molecular weight excluding hydrogens is 260 g/mol. The van der Waals surface area contributed by atoms with Gasteiger partial charge in [-0.05, 0) is 32.1 Å². The highest BCUT2D eigenvalue weighted by molar-refractivity contribution is 7.80. The molecule has 1 saturated carbocycles. The second-order valence-electron chi connectivity index (χ2n) is 5.15. The molecule has 0 aromatic carbocycles. The van der Waals surface area contributed by atoms with Crippen molar-refractivity contribution in [2.75, 3.05) is 13.2 Å². The Morgan fingerprint density at radius 1 is 1.42 bits per heavy atom. The number of hydrogen-bond acceptors (Lipinski definition) is 3. The summed E-state index contributed by atoms with van der Waals surface area (Å²) in [5.74, 6) is 0.449. The molecule has 3 N–H and O–H groups in total. The summed E-state index contributed by atoms with van der Waals surface area (Å²) in [6.07, 6.45) is 7.15. The fourth-order valence-electron chi connectivity index (χ4n) is 2.61. The van der Waals surface area contributed by atoms with E-state index in [0.717, 1.165) is 19.3 Å². The van der Waals surface area contributed by atoms with E-state index < -0.39 is 0 Å². The number of thiocarbonyl (C=S) groups is 1. The van der Waals surface area contributed by atoms with E-state index in [1.165, 1.54) is 19.3 Å². The maximum Gasteiger partial charge on any atom is 0.220 e. The van der Waals surface area contributed by atoms with Crippen molar-refractivity contribution < 1.29 is 9.53 Å². The second kappa shape index (κ2) is 9.26. The minimum absolute atomic E-state index is 0.0306. The van der Waals surface area contributed by atoms with Crippen molar-refractivity contribution in [3.05, 3.63) is 0 Å². The third kappa shape index (κ3) is 6.34. The van der Waals surface area contributed by atoms with E-state index in [2.05, 4.69) is 5.32 Å². The Bertz CT molecular complexity index is 291. The Morgan fingerprint density at radius 2 is 2.11 bits per heavy atom. The average Bonchev–Trinajstić information content (AvgIpc) is 2.41. The number of ether oxygens (including phenoxy) is 1. The highest BCUT2D eigenvalue weighted by Crippen LogP contribution is 2.26. The predicted molar refractivity (Wildman–Crippen MR) is 81.0 cm³/mol. The topological polar surface area (TPSA) is 64.3 Å². The number of hydrogen-bond donors (Lipinski definition) is 2. The fraction of sp³-hybridized carbons (Fsp3) is 0.857. The zero-order chi connectivity index (χ0) is 14.1. The molecule has 1 fully saturated rings. The van der Waals surface area contributed by atoms with Gasteiger partial charge in [0.25, 0.3) is 0 Å². The van der Waals surface area contributed by atoms with Crippen LogP contribution in [0.2, 0.25) is 0 Å². The minimum atomic E-state index is -0.130. The van der Waals surface area contributed by atoms with Gasteiger partial charge in [-0.3, -0.25) is 4.79 Å². The van der Waals surface area contributed by atoms with Gasteiger partial charge < -0.3 is 15.8 Å². The molecule has 1 rings (SSSR count). The standard InChI is InChI=1S/C14H26N2O2S/c1-2-18-10-6-9-12(17)16-13(14(15)19)11-7-4-3-5-8-11/h11,13H,2-10H2,1H3,(H2,15,19)(H,16,17). The van der Waals surface area contributed by atoms with Gasteiger partial charge in [0.2, 0.25) is 5.91 Å². The summed E-state index contributed by atoms with van der Waals surface area (Å²) in [7, 11) is 0. The molecule has 110 valence electrons. The Balaban J connectivity index is 2.35. The van der Waals surface area contributed by atoms with E-state index in [0.29, 0.717) is 30.5 Å². The third-order valence-corrected chi connectivity index (χ3v) is 3.89. The summed E-state index contributed by atoms with van der Waals surface area (Å²) >= 11 is 5.11. The molecule has 5 heteroatoms. The number of nitrogens with one attached hydrogen (secondary N) is 1. The van der Waals surface area contributed by atoms with E-state index in [4.69, 9.17) is 22.7 Å². The lowest BCUT2D eigenvalue weighted by Crippen LogP contribution is -2.48. The summed E-state index contributed by atoms with van der Waals surface area (Å²) in [5.41, 5.74) is 5.78. The van der Waals surface area contributed by atoms with Crippen LogP contribution in [0, 0.1) is 5.92 Å². The van der Waals surface area contributed by atoms with Crippen molar-refractivity contribution in [1.29, 1.82) is 0 Å². The number of carbonyl (C=O) groups is 1. The molecule has 1 unspecified atom stereocenters. The summed E-state index contributed by atoms with van der Waals surface area (Å²) < 4.78 is 5.22. The predicted octanol–water partition coefficient (Wildman–Crippen LogP) is 2.15. The molecule has 1 amide bonds. The van der Waals surface area contributed by atoms with Crippen LogP contribution >= 0.6 is 12.2 Å². The molecule has 0 saturated heterocycles. The van der Waals surface area contributed by atoms with Gasteiger partial charge in [-0.25, -0.2) is 0 Å². The summed E-state index contributed by atoms with van der Waals surface area (Å²) in [6, 6.07) is -0.130. The number of nitrogens with two attached hydrogens (primary N) is 1. The van der Waals surface area contributed by atoms with E-state index >= 15 is 0 Å². The van der Waals surface area contributed by atoms with E-state index in [9.17, 15) is 4.79 Å². The Morgan fingerprint density at radius 3 is 2.68 bits per heavy atom. The van der Waals surface area contributed by atoms with Crippen molar-refractivity contribution in [2.45, 2.75) is 57.9 Å². The van der Waals surface area contributed by atoms with Crippen LogP contribution < -0.4 is 11.1 Å². The molecule has 0 bridgehead atoms. The molecule has 0 heterocycles.